The Labute approximate surface area is 291 Å². The van der Waals surface area contributed by atoms with Crippen molar-refractivity contribution in [3.63, 3.8) is 0 Å². The molecule has 270 valence electrons. The Morgan fingerprint density at radius 3 is 1.68 bits per heavy atom. The minimum atomic E-state index is -1.55. The predicted octanol–water partition coefficient (Wildman–Crippen LogP) is 1.56. The first-order valence-corrected chi connectivity index (χ1v) is 16.6. The first-order chi connectivity index (χ1) is 24.2. The Hall–Kier alpha value is -3.76. The fourth-order valence-electron chi connectivity index (χ4n) is 6.06. The van der Waals surface area contributed by atoms with Crippen molar-refractivity contribution >= 4 is 11.8 Å². The molecule has 3 aromatic rings. The van der Waals surface area contributed by atoms with E-state index in [1.807, 2.05) is 91.0 Å². The minimum Gasteiger partial charge on any atom is -0.394 e. The molecule has 2 aliphatic heterocycles. The van der Waals surface area contributed by atoms with Crippen molar-refractivity contribution in [3.8, 4) is 0 Å². The van der Waals surface area contributed by atoms with Crippen LogP contribution in [-0.2, 0) is 57.8 Å². The zero-order valence-electron chi connectivity index (χ0n) is 28.1. The largest absolute Gasteiger partial charge is 0.394 e. The molecule has 10 atom stereocenters. The van der Waals surface area contributed by atoms with Crippen LogP contribution < -0.4 is 10.6 Å². The van der Waals surface area contributed by atoms with Gasteiger partial charge < -0.3 is 54.4 Å². The number of rotatable bonds is 15. The summed E-state index contributed by atoms with van der Waals surface area (Å²) in [7, 11) is 0. The van der Waals surface area contributed by atoms with Crippen LogP contribution in [0.4, 0.5) is 0 Å². The van der Waals surface area contributed by atoms with Crippen LogP contribution in [0.25, 0.3) is 0 Å². The molecule has 0 spiro atoms. The summed E-state index contributed by atoms with van der Waals surface area (Å²) in [5.41, 5.74) is 2.66. The van der Waals surface area contributed by atoms with Gasteiger partial charge in [0.05, 0.1) is 33.0 Å². The van der Waals surface area contributed by atoms with Gasteiger partial charge in [-0.15, -0.1) is 0 Å². The standard InChI is InChI=1S/C37H46N2O11/c1-23(41)38-30-33(44)32(43)28(18-40)48-37(30)50-34-29(22-45-19-25-12-6-3-7-13-25)49-36(47-21-27-16-10-5-11-17-27)31(39-24(2)42)35(34)46-20-26-14-8-4-9-15-26/h3-17,28-37,40,43-44H,18-22H2,1-2H3,(H,38,41)(H,39,42)/t28-,29-,30-,31-,32-,33-,34-,35-,36+,37+/m1/s1. The van der Waals surface area contributed by atoms with Gasteiger partial charge in [-0.3, -0.25) is 9.59 Å². The van der Waals surface area contributed by atoms with Gasteiger partial charge >= 0.3 is 0 Å². The van der Waals surface area contributed by atoms with E-state index in [0.29, 0.717) is 0 Å². The highest BCUT2D eigenvalue weighted by Gasteiger charge is 2.53. The lowest BCUT2D eigenvalue weighted by molar-refractivity contribution is -0.339. The second kappa shape index (κ2) is 18.5. The highest BCUT2D eigenvalue weighted by molar-refractivity contribution is 5.73. The molecular weight excluding hydrogens is 648 g/mol. The van der Waals surface area contributed by atoms with Crippen LogP contribution in [0.2, 0.25) is 0 Å². The molecule has 2 amide bonds. The van der Waals surface area contributed by atoms with Crippen molar-refractivity contribution < 1.29 is 53.3 Å². The number of carbonyl (C=O) groups excluding carboxylic acids is 2. The molecule has 3 aromatic carbocycles. The maximum Gasteiger partial charge on any atom is 0.217 e. The van der Waals surface area contributed by atoms with Crippen LogP contribution in [0.5, 0.6) is 0 Å². The van der Waals surface area contributed by atoms with E-state index >= 15 is 0 Å². The van der Waals surface area contributed by atoms with Gasteiger partial charge in [0, 0.05) is 13.8 Å². The smallest absolute Gasteiger partial charge is 0.217 e. The Morgan fingerprint density at radius 1 is 0.640 bits per heavy atom. The molecular formula is C37H46N2O11. The van der Waals surface area contributed by atoms with Crippen LogP contribution in [-0.4, -0.2) is 102 Å². The number of aliphatic hydroxyl groups is 3. The van der Waals surface area contributed by atoms with Crippen molar-refractivity contribution in [1.29, 1.82) is 0 Å². The summed E-state index contributed by atoms with van der Waals surface area (Å²) in [6.07, 6.45) is -9.63. The predicted molar refractivity (Wildman–Crippen MR) is 179 cm³/mol. The third-order valence-corrected chi connectivity index (χ3v) is 8.49. The molecule has 0 bridgehead atoms. The number of aliphatic hydroxyl groups excluding tert-OH is 3. The quantitative estimate of drug-likeness (QED) is 0.156. The molecule has 5 N–H and O–H groups in total. The van der Waals surface area contributed by atoms with E-state index in [0.717, 1.165) is 16.7 Å². The van der Waals surface area contributed by atoms with E-state index < -0.39 is 73.8 Å². The number of hydrogen-bond acceptors (Lipinski definition) is 11. The molecule has 0 radical (unpaired) electrons. The van der Waals surface area contributed by atoms with E-state index in [9.17, 15) is 24.9 Å². The fraction of sp³-hybridized carbons (Fsp3) is 0.459. The van der Waals surface area contributed by atoms with Crippen LogP contribution in [0.3, 0.4) is 0 Å². The Bertz CT molecular complexity index is 1470. The van der Waals surface area contributed by atoms with E-state index in [4.69, 9.17) is 28.4 Å². The molecule has 2 heterocycles. The van der Waals surface area contributed by atoms with Crippen LogP contribution in [0.1, 0.15) is 30.5 Å². The SMILES string of the molecule is CC(=O)N[C@H]1[C@H](O[C@H]2[C@H](OCc3ccccc3)[C@@H](NC(C)=O)[C@@H](OCc3ccccc3)O[C@@H]2COCc2ccccc2)O[C@H](CO)[C@@H](O)[C@@H]1O. The van der Waals surface area contributed by atoms with Crippen molar-refractivity contribution in [2.24, 2.45) is 0 Å². The summed E-state index contributed by atoms with van der Waals surface area (Å²) >= 11 is 0. The van der Waals surface area contributed by atoms with Crippen molar-refractivity contribution in [3.05, 3.63) is 108 Å². The maximum absolute atomic E-state index is 12.7. The Morgan fingerprint density at radius 2 is 1.14 bits per heavy atom. The van der Waals surface area contributed by atoms with Crippen LogP contribution >= 0.6 is 0 Å². The number of benzene rings is 3. The Balaban J connectivity index is 1.50. The molecule has 2 aliphatic rings. The first-order valence-electron chi connectivity index (χ1n) is 16.6. The molecule has 2 saturated heterocycles. The summed E-state index contributed by atoms with van der Waals surface area (Å²) in [5.74, 6) is -0.882. The molecule has 0 unspecified atom stereocenters. The fourth-order valence-corrected chi connectivity index (χ4v) is 6.06. The van der Waals surface area contributed by atoms with Gasteiger partial charge in [-0.2, -0.15) is 0 Å². The second-order valence-electron chi connectivity index (χ2n) is 12.4. The summed E-state index contributed by atoms with van der Waals surface area (Å²) in [4.78, 5) is 24.9. The van der Waals surface area contributed by atoms with Crippen LogP contribution in [0.15, 0.2) is 91.0 Å². The summed E-state index contributed by atoms with van der Waals surface area (Å²) in [5, 5.41) is 37.2. The second-order valence-corrected chi connectivity index (χ2v) is 12.4. The number of hydrogen-bond donors (Lipinski definition) is 5. The van der Waals surface area contributed by atoms with Gasteiger partial charge in [0.1, 0.15) is 48.7 Å². The third kappa shape index (κ3) is 10.2. The zero-order valence-corrected chi connectivity index (χ0v) is 28.1. The molecule has 50 heavy (non-hydrogen) atoms. The molecule has 0 saturated carbocycles. The molecule has 5 rings (SSSR count). The van der Waals surface area contributed by atoms with Gasteiger partial charge in [0.25, 0.3) is 0 Å². The number of carbonyl (C=O) groups is 2. The lowest BCUT2D eigenvalue weighted by atomic mass is 9.94. The molecule has 2 fully saturated rings. The van der Waals surface area contributed by atoms with Gasteiger partial charge in [-0.05, 0) is 16.7 Å². The first kappa shape index (κ1) is 37.5. The number of ether oxygens (including phenoxy) is 6. The highest BCUT2D eigenvalue weighted by atomic mass is 16.7. The lowest BCUT2D eigenvalue weighted by Crippen LogP contribution is -2.69. The number of amides is 2. The summed E-state index contributed by atoms with van der Waals surface area (Å²) < 4.78 is 38.1. The average Bonchev–Trinajstić information content (AvgIpc) is 3.12. The minimum absolute atomic E-state index is 0.0190. The monoisotopic (exact) mass is 694 g/mol. The van der Waals surface area contributed by atoms with Gasteiger partial charge in [-0.1, -0.05) is 91.0 Å². The molecule has 0 aliphatic carbocycles. The van der Waals surface area contributed by atoms with Gasteiger partial charge in [0.2, 0.25) is 11.8 Å². The van der Waals surface area contributed by atoms with E-state index in [1.165, 1.54) is 13.8 Å². The third-order valence-electron chi connectivity index (χ3n) is 8.49. The number of nitrogens with one attached hydrogen (secondary N) is 2. The van der Waals surface area contributed by atoms with Crippen molar-refractivity contribution in [2.75, 3.05) is 13.2 Å². The van der Waals surface area contributed by atoms with Crippen LogP contribution in [0, 0.1) is 0 Å². The average molecular weight is 695 g/mol. The topological polar surface area (TPSA) is 174 Å². The summed E-state index contributed by atoms with van der Waals surface area (Å²) in [6, 6.07) is 26.3. The summed E-state index contributed by atoms with van der Waals surface area (Å²) in [6.45, 7) is 2.50. The maximum atomic E-state index is 12.7. The lowest BCUT2D eigenvalue weighted by Gasteiger charge is -2.49. The molecule has 0 aromatic heterocycles. The normalized spacial score (nSPS) is 29.6. The van der Waals surface area contributed by atoms with Gasteiger partial charge in [0.15, 0.2) is 12.6 Å². The van der Waals surface area contributed by atoms with Crippen molar-refractivity contribution in [2.45, 2.75) is 95.0 Å². The Kier molecular flexibility index (Phi) is 13.8. The highest BCUT2D eigenvalue weighted by Crippen LogP contribution is 2.32. The van der Waals surface area contributed by atoms with Gasteiger partial charge in [-0.25, -0.2) is 0 Å². The zero-order chi connectivity index (χ0) is 35.5. The van der Waals surface area contributed by atoms with E-state index in [2.05, 4.69) is 10.6 Å². The van der Waals surface area contributed by atoms with E-state index in [-0.39, 0.29) is 32.3 Å². The van der Waals surface area contributed by atoms with Crippen molar-refractivity contribution in [1.82, 2.24) is 10.6 Å². The van der Waals surface area contributed by atoms with E-state index in [1.54, 1.807) is 0 Å². The molecule has 13 heteroatoms. The molecule has 13 nitrogen and oxygen atoms in total.